The summed E-state index contributed by atoms with van der Waals surface area (Å²) in [6.07, 6.45) is 4.66. The van der Waals surface area contributed by atoms with Crippen LogP contribution in [0.25, 0.3) is 11.0 Å². The summed E-state index contributed by atoms with van der Waals surface area (Å²) in [5.74, 6) is 1.14. The van der Waals surface area contributed by atoms with E-state index in [2.05, 4.69) is 20.3 Å². The molecule has 0 aliphatic heterocycles. The number of nitrogens with one attached hydrogen (secondary N) is 1. The summed E-state index contributed by atoms with van der Waals surface area (Å²) < 4.78 is 5.24. The maximum atomic E-state index is 10.4. The smallest absolute Gasteiger partial charge is 0.164 e. The molecule has 1 unspecified atom stereocenters. The molecule has 20 heavy (non-hydrogen) atoms. The van der Waals surface area contributed by atoms with Gasteiger partial charge in [-0.3, -0.25) is 0 Å². The first kappa shape index (κ1) is 12.6. The van der Waals surface area contributed by atoms with Gasteiger partial charge in [-0.2, -0.15) is 0 Å². The van der Waals surface area contributed by atoms with E-state index in [1.54, 1.807) is 25.3 Å². The second-order valence-corrected chi connectivity index (χ2v) is 4.70. The van der Waals surface area contributed by atoms with Crippen LogP contribution in [0, 0.1) is 0 Å². The lowest BCUT2D eigenvalue weighted by Gasteiger charge is -2.21. The summed E-state index contributed by atoms with van der Waals surface area (Å²) in [5, 5.41) is 14.3. The van der Waals surface area contributed by atoms with Gasteiger partial charge in [-0.25, -0.2) is 15.0 Å². The van der Waals surface area contributed by atoms with Gasteiger partial charge in [0.05, 0.1) is 18.2 Å². The van der Waals surface area contributed by atoms with E-state index in [4.69, 9.17) is 4.42 Å². The highest BCUT2D eigenvalue weighted by Crippen LogP contribution is 2.23. The monoisotopic (exact) mass is 270 g/mol. The quantitative estimate of drug-likeness (QED) is 0.753. The lowest BCUT2D eigenvalue weighted by molar-refractivity contribution is 0.0476. The minimum atomic E-state index is -1.12. The fourth-order valence-electron chi connectivity index (χ4n) is 1.96. The van der Waals surface area contributed by atoms with Gasteiger partial charge in [0.1, 0.15) is 23.5 Å². The van der Waals surface area contributed by atoms with Crippen LogP contribution in [0.1, 0.15) is 12.7 Å². The molecule has 0 aromatic carbocycles. The second kappa shape index (κ2) is 4.90. The Morgan fingerprint density at radius 1 is 1.25 bits per heavy atom. The molecule has 6 heteroatoms. The SMILES string of the molecule is CC(O)(CNc1ncnc2ncccc12)c1ccco1. The van der Waals surface area contributed by atoms with Crippen LogP contribution >= 0.6 is 0 Å². The lowest BCUT2D eigenvalue weighted by atomic mass is 10.0. The molecule has 0 spiro atoms. The van der Waals surface area contributed by atoms with Crippen molar-refractivity contribution in [3.63, 3.8) is 0 Å². The predicted octanol–water partition coefficient (Wildman–Crippen LogP) is 1.94. The van der Waals surface area contributed by atoms with E-state index in [9.17, 15) is 5.11 Å². The molecule has 0 saturated carbocycles. The van der Waals surface area contributed by atoms with Crippen molar-refractivity contribution in [2.75, 3.05) is 11.9 Å². The summed E-state index contributed by atoms with van der Waals surface area (Å²) in [6, 6.07) is 7.18. The number of hydrogen-bond donors (Lipinski definition) is 2. The molecule has 2 N–H and O–H groups in total. The Morgan fingerprint density at radius 3 is 2.95 bits per heavy atom. The van der Waals surface area contributed by atoms with E-state index < -0.39 is 5.60 Å². The van der Waals surface area contributed by atoms with E-state index in [-0.39, 0.29) is 6.54 Å². The van der Waals surface area contributed by atoms with Crippen molar-refractivity contribution in [2.45, 2.75) is 12.5 Å². The largest absolute Gasteiger partial charge is 0.466 e. The molecule has 0 radical (unpaired) electrons. The van der Waals surface area contributed by atoms with Crippen LogP contribution in [-0.2, 0) is 5.60 Å². The van der Waals surface area contributed by atoms with Crippen molar-refractivity contribution in [1.82, 2.24) is 15.0 Å². The first-order valence-electron chi connectivity index (χ1n) is 6.23. The molecule has 0 bridgehead atoms. The zero-order chi connectivity index (χ0) is 14.0. The van der Waals surface area contributed by atoms with Gasteiger partial charge in [-0.1, -0.05) is 0 Å². The molecule has 3 aromatic heterocycles. The Balaban J connectivity index is 1.84. The van der Waals surface area contributed by atoms with Crippen molar-refractivity contribution in [1.29, 1.82) is 0 Å². The van der Waals surface area contributed by atoms with Crippen molar-refractivity contribution >= 4 is 16.9 Å². The third kappa shape index (κ3) is 2.33. The van der Waals surface area contributed by atoms with Crippen LogP contribution in [0.2, 0.25) is 0 Å². The fraction of sp³-hybridized carbons (Fsp3) is 0.214. The topological polar surface area (TPSA) is 84.1 Å². The molecule has 0 amide bonds. The third-order valence-corrected chi connectivity index (χ3v) is 3.06. The van der Waals surface area contributed by atoms with Gasteiger partial charge in [0, 0.05) is 6.20 Å². The van der Waals surface area contributed by atoms with Crippen LogP contribution in [0.15, 0.2) is 47.5 Å². The summed E-state index contributed by atoms with van der Waals surface area (Å²) in [5.41, 5.74) is -0.508. The van der Waals surface area contributed by atoms with E-state index in [0.717, 1.165) is 5.39 Å². The van der Waals surface area contributed by atoms with Crippen LogP contribution in [0.3, 0.4) is 0 Å². The number of nitrogens with zero attached hydrogens (tertiary/aromatic N) is 3. The van der Waals surface area contributed by atoms with Crippen LogP contribution < -0.4 is 5.32 Å². The van der Waals surface area contributed by atoms with Crippen LogP contribution in [0.5, 0.6) is 0 Å². The molecule has 3 aromatic rings. The minimum absolute atomic E-state index is 0.265. The highest BCUT2D eigenvalue weighted by Gasteiger charge is 2.26. The Bertz CT molecular complexity index is 705. The molecule has 0 aliphatic carbocycles. The first-order valence-corrected chi connectivity index (χ1v) is 6.23. The van der Waals surface area contributed by atoms with E-state index in [1.165, 1.54) is 12.6 Å². The molecule has 1 atom stereocenters. The fourth-order valence-corrected chi connectivity index (χ4v) is 1.96. The van der Waals surface area contributed by atoms with Crippen molar-refractivity contribution < 1.29 is 9.52 Å². The van der Waals surface area contributed by atoms with Crippen LogP contribution in [0.4, 0.5) is 5.82 Å². The molecule has 3 rings (SSSR count). The van der Waals surface area contributed by atoms with Gasteiger partial charge in [0.25, 0.3) is 0 Å². The van der Waals surface area contributed by atoms with Gasteiger partial charge in [-0.15, -0.1) is 0 Å². The van der Waals surface area contributed by atoms with Gasteiger partial charge in [0.15, 0.2) is 5.65 Å². The van der Waals surface area contributed by atoms with Crippen molar-refractivity contribution in [3.8, 4) is 0 Å². The zero-order valence-electron chi connectivity index (χ0n) is 10.9. The Kier molecular flexibility index (Phi) is 3.08. The molecule has 3 heterocycles. The molecule has 102 valence electrons. The molecule has 0 saturated heterocycles. The number of hydrogen-bond acceptors (Lipinski definition) is 6. The average Bonchev–Trinajstić information content (AvgIpc) is 3.00. The maximum Gasteiger partial charge on any atom is 0.164 e. The normalized spacial score (nSPS) is 14.1. The Hall–Kier alpha value is -2.47. The zero-order valence-corrected chi connectivity index (χ0v) is 10.9. The maximum absolute atomic E-state index is 10.4. The van der Waals surface area contributed by atoms with Gasteiger partial charge < -0.3 is 14.8 Å². The van der Waals surface area contributed by atoms with Crippen molar-refractivity contribution in [2.24, 2.45) is 0 Å². The summed E-state index contributed by atoms with van der Waals surface area (Å²) in [7, 11) is 0. The number of pyridine rings is 1. The number of fused-ring (bicyclic) bond motifs is 1. The molecule has 6 nitrogen and oxygen atoms in total. The number of aliphatic hydroxyl groups is 1. The molecule has 0 fully saturated rings. The van der Waals surface area contributed by atoms with E-state index in [1.807, 2.05) is 12.1 Å². The highest BCUT2D eigenvalue weighted by molar-refractivity contribution is 5.85. The lowest BCUT2D eigenvalue weighted by Crippen LogP contribution is -2.30. The Morgan fingerprint density at radius 2 is 2.15 bits per heavy atom. The van der Waals surface area contributed by atoms with Crippen molar-refractivity contribution in [3.05, 3.63) is 48.8 Å². The number of anilines is 1. The Labute approximate surface area is 115 Å². The highest BCUT2D eigenvalue weighted by atomic mass is 16.4. The van der Waals surface area contributed by atoms with E-state index in [0.29, 0.717) is 17.2 Å². The first-order chi connectivity index (χ1) is 9.67. The summed E-state index contributed by atoms with van der Waals surface area (Å²) >= 11 is 0. The minimum Gasteiger partial charge on any atom is -0.466 e. The standard InChI is InChI=1S/C14H14N4O2/c1-14(19,11-5-3-7-20-11)8-16-13-10-4-2-6-15-12(10)17-9-18-13/h2-7,9,19H,8H2,1H3,(H,15,16,17,18). The number of furan rings is 1. The number of rotatable bonds is 4. The van der Waals surface area contributed by atoms with E-state index >= 15 is 0 Å². The van der Waals surface area contributed by atoms with Gasteiger partial charge >= 0.3 is 0 Å². The van der Waals surface area contributed by atoms with Crippen LogP contribution in [-0.4, -0.2) is 26.6 Å². The molecular weight excluding hydrogens is 256 g/mol. The van der Waals surface area contributed by atoms with Gasteiger partial charge in [0.2, 0.25) is 0 Å². The number of aromatic nitrogens is 3. The summed E-state index contributed by atoms with van der Waals surface area (Å²) in [4.78, 5) is 12.4. The summed E-state index contributed by atoms with van der Waals surface area (Å²) in [6.45, 7) is 1.95. The van der Waals surface area contributed by atoms with Gasteiger partial charge in [-0.05, 0) is 31.2 Å². The second-order valence-electron chi connectivity index (χ2n) is 4.70. The molecule has 0 aliphatic rings. The third-order valence-electron chi connectivity index (χ3n) is 3.06. The molecular formula is C14H14N4O2. The average molecular weight is 270 g/mol. The predicted molar refractivity (Wildman–Crippen MR) is 74.1 cm³/mol.